The molecule has 0 saturated heterocycles. The number of aryl methyl sites for hydroxylation is 2. The van der Waals surface area contributed by atoms with Gasteiger partial charge in [0.25, 0.3) is 0 Å². The number of furan rings is 1. The van der Waals surface area contributed by atoms with Gasteiger partial charge in [-0.2, -0.15) is 0 Å². The highest BCUT2D eigenvalue weighted by Gasteiger charge is 2.19. The quantitative estimate of drug-likeness (QED) is 0.761. The molecule has 1 aromatic rings. The smallest absolute Gasteiger partial charge is 0.105 e. The highest BCUT2D eigenvalue weighted by atomic mass is 16.3. The molecular weight excluding hydrogens is 210 g/mol. The number of hydrogen-bond donors (Lipinski definition) is 1. The molecule has 1 heterocycles. The van der Waals surface area contributed by atoms with Crippen LogP contribution in [-0.4, -0.2) is 6.54 Å². The molecule has 1 atom stereocenters. The Morgan fingerprint density at radius 3 is 2.24 bits per heavy atom. The lowest BCUT2D eigenvalue weighted by Gasteiger charge is -2.22. The van der Waals surface area contributed by atoms with Crippen LogP contribution in [0.5, 0.6) is 0 Å². The molecule has 0 aliphatic rings. The largest absolute Gasteiger partial charge is 0.466 e. The Morgan fingerprint density at radius 2 is 1.82 bits per heavy atom. The maximum Gasteiger partial charge on any atom is 0.105 e. The van der Waals surface area contributed by atoms with Crippen LogP contribution in [-0.2, 0) is 0 Å². The first-order valence-corrected chi connectivity index (χ1v) is 6.92. The summed E-state index contributed by atoms with van der Waals surface area (Å²) in [6.45, 7) is 11.8. The third kappa shape index (κ3) is 3.88. The van der Waals surface area contributed by atoms with Crippen molar-refractivity contribution in [2.75, 3.05) is 6.54 Å². The Balaban J connectivity index is 2.81. The fourth-order valence-electron chi connectivity index (χ4n) is 2.52. The van der Waals surface area contributed by atoms with Gasteiger partial charge in [-0.1, -0.05) is 33.6 Å². The molecule has 0 aliphatic heterocycles. The Morgan fingerprint density at radius 1 is 1.18 bits per heavy atom. The maximum absolute atomic E-state index is 5.65. The van der Waals surface area contributed by atoms with Crippen molar-refractivity contribution < 1.29 is 4.42 Å². The van der Waals surface area contributed by atoms with E-state index in [1.54, 1.807) is 0 Å². The number of hydrogen-bond acceptors (Lipinski definition) is 2. The zero-order chi connectivity index (χ0) is 12.8. The third-order valence-corrected chi connectivity index (χ3v) is 3.63. The second-order valence-electron chi connectivity index (χ2n) is 4.90. The van der Waals surface area contributed by atoms with Gasteiger partial charge in [0.05, 0.1) is 0 Å². The summed E-state index contributed by atoms with van der Waals surface area (Å²) in [7, 11) is 0. The second kappa shape index (κ2) is 6.85. The predicted molar refractivity (Wildman–Crippen MR) is 73.3 cm³/mol. The van der Waals surface area contributed by atoms with Gasteiger partial charge in [-0.25, -0.2) is 0 Å². The van der Waals surface area contributed by atoms with Gasteiger partial charge in [-0.05, 0) is 38.8 Å². The van der Waals surface area contributed by atoms with Gasteiger partial charge >= 0.3 is 0 Å². The Labute approximate surface area is 106 Å². The molecule has 17 heavy (non-hydrogen) atoms. The van der Waals surface area contributed by atoms with Crippen molar-refractivity contribution in [2.45, 2.75) is 59.9 Å². The molecule has 1 aromatic heterocycles. The molecule has 1 unspecified atom stereocenters. The summed E-state index contributed by atoms with van der Waals surface area (Å²) in [5.41, 5.74) is 1.34. The van der Waals surface area contributed by atoms with E-state index in [0.717, 1.165) is 24.0 Å². The van der Waals surface area contributed by atoms with E-state index >= 15 is 0 Å². The SMILES string of the molecule is CCNC(CC(CC)CC)c1cc(C)oc1C. The highest BCUT2D eigenvalue weighted by molar-refractivity contribution is 5.24. The minimum Gasteiger partial charge on any atom is -0.466 e. The van der Waals surface area contributed by atoms with E-state index in [0.29, 0.717) is 6.04 Å². The van der Waals surface area contributed by atoms with Gasteiger partial charge in [-0.3, -0.25) is 0 Å². The van der Waals surface area contributed by atoms with Gasteiger partial charge in [0.2, 0.25) is 0 Å². The molecule has 1 N–H and O–H groups in total. The fourth-order valence-corrected chi connectivity index (χ4v) is 2.52. The molecule has 98 valence electrons. The van der Waals surface area contributed by atoms with E-state index < -0.39 is 0 Å². The van der Waals surface area contributed by atoms with Crippen molar-refractivity contribution >= 4 is 0 Å². The van der Waals surface area contributed by atoms with Gasteiger partial charge in [0.15, 0.2) is 0 Å². The van der Waals surface area contributed by atoms with Crippen molar-refractivity contribution in [3.63, 3.8) is 0 Å². The normalized spacial score (nSPS) is 13.3. The van der Waals surface area contributed by atoms with E-state index in [9.17, 15) is 0 Å². The minimum atomic E-state index is 0.447. The molecule has 0 amide bonds. The van der Waals surface area contributed by atoms with Crippen LogP contribution in [0.2, 0.25) is 0 Å². The zero-order valence-electron chi connectivity index (χ0n) is 12.0. The Kier molecular flexibility index (Phi) is 5.76. The van der Waals surface area contributed by atoms with E-state index in [-0.39, 0.29) is 0 Å². The summed E-state index contributed by atoms with van der Waals surface area (Å²) in [6.07, 6.45) is 3.73. The fraction of sp³-hybridized carbons (Fsp3) is 0.733. The first-order chi connectivity index (χ1) is 8.12. The number of nitrogens with one attached hydrogen (secondary N) is 1. The van der Waals surface area contributed by atoms with E-state index in [1.807, 2.05) is 6.92 Å². The van der Waals surface area contributed by atoms with Gasteiger partial charge < -0.3 is 9.73 Å². The molecule has 0 radical (unpaired) electrons. The summed E-state index contributed by atoms with van der Waals surface area (Å²) in [5, 5.41) is 3.59. The molecule has 0 fully saturated rings. The summed E-state index contributed by atoms with van der Waals surface area (Å²) in [4.78, 5) is 0. The predicted octanol–water partition coefficient (Wildman–Crippen LogP) is 4.37. The molecule has 0 aliphatic carbocycles. The van der Waals surface area contributed by atoms with E-state index in [2.05, 4.69) is 39.1 Å². The summed E-state index contributed by atoms with van der Waals surface area (Å²) < 4.78 is 5.65. The molecule has 0 saturated carbocycles. The summed E-state index contributed by atoms with van der Waals surface area (Å²) >= 11 is 0. The topological polar surface area (TPSA) is 25.2 Å². The lowest BCUT2D eigenvalue weighted by Crippen LogP contribution is -2.23. The van der Waals surface area contributed by atoms with Crippen LogP contribution in [0, 0.1) is 19.8 Å². The lowest BCUT2D eigenvalue weighted by atomic mass is 9.91. The third-order valence-electron chi connectivity index (χ3n) is 3.63. The maximum atomic E-state index is 5.65. The lowest BCUT2D eigenvalue weighted by molar-refractivity contribution is 0.371. The van der Waals surface area contributed by atoms with Gasteiger partial charge in [-0.15, -0.1) is 0 Å². The summed E-state index contributed by atoms with van der Waals surface area (Å²) in [5.74, 6) is 2.89. The molecule has 2 nitrogen and oxygen atoms in total. The zero-order valence-corrected chi connectivity index (χ0v) is 12.0. The first kappa shape index (κ1) is 14.3. The molecule has 0 spiro atoms. The minimum absolute atomic E-state index is 0.447. The second-order valence-corrected chi connectivity index (χ2v) is 4.90. The monoisotopic (exact) mass is 237 g/mol. The van der Waals surface area contributed by atoms with Crippen molar-refractivity contribution in [3.05, 3.63) is 23.2 Å². The van der Waals surface area contributed by atoms with Crippen molar-refractivity contribution in [1.82, 2.24) is 5.32 Å². The van der Waals surface area contributed by atoms with Crippen molar-refractivity contribution in [3.8, 4) is 0 Å². The molecule has 1 rings (SSSR count). The highest BCUT2D eigenvalue weighted by Crippen LogP contribution is 2.29. The number of rotatable bonds is 7. The average molecular weight is 237 g/mol. The van der Waals surface area contributed by atoms with Crippen LogP contribution in [0.3, 0.4) is 0 Å². The van der Waals surface area contributed by atoms with Crippen LogP contribution in [0.15, 0.2) is 10.5 Å². The van der Waals surface area contributed by atoms with Gasteiger partial charge in [0, 0.05) is 11.6 Å². The van der Waals surface area contributed by atoms with Crippen molar-refractivity contribution in [1.29, 1.82) is 0 Å². The van der Waals surface area contributed by atoms with Gasteiger partial charge in [0.1, 0.15) is 11.5 Å². The van der Waals surface area contributed by atoms with Crippen molar-refractivity contribution in [2.24, 2.45) is 5.92 Å². The Hall–Kier alpha value is -0.760. The van der Waals surface area contributed by atoms with E-state index in [4.69, 9.17) is 4.42 Å². The molecular formula is C15H27NO. The van der Waals surface area contributed by atoms with E-state index in [1.165, 1.54) is 24.8 Å². The Bertz CT molecular complexity index is 326. The molecule has 0 aromatic carbocycles. The molecule has 2 heteroatoms. The van der Waals surface area contributed by atoms with Crippen LogP contribution in [0.1, 0.15) is 63.2 Å². The standard InChI is InChI=1S/C15H27NO/c1-6-13(7-2)10-15(16-8-3)14-9-11(4)17-12(14)5/h9,13,15-16H,6-8,10H2,1-5H3. The first-order valence-electron chi connectivity index (χ1n) is 6.92. The van der Waals surface area contributed by atoms with Crippen LogP contribution in [0.25, 0.3) is 0 Å². The average Bonchev–Trinajstić information content (AvgIpc) is 2.64. The van der Waals surface area contributed by atoms with Crippen LogP contribution >= 0.6 is 0 Å². The summed E-state index contributed by atoms with van der Waals surface area (Å²) in [6, 6.07) is 2.63. The molecule has 0 bridgehead atoms. The van der Waals surface area contributed by atoms with Crippen LogP contribution < -0.4 is 5.32 Å². The van der Waals surface area contributed by atoms with Crippen LogP contribution in [0.4, 0.5) is 0 Å².